The fraction of sp³-hybridized carbons (Fsp3) is 1.00. The number of hydrogen-bond donors (Lipinski definition) is 7. The summed E-state index contributed by atoms with van der Waals surface area (Å²) in [7, 11) is -7.45. The van der Waals surface area contributed by atoms with E-state index in [2.05, 4.69) is 29.8 Å². The monoisotopic (exact) mass is 990 g/mol. The van der Waals surface area contributed by atoms with E-state index in [-0.39, 0.29) is 106 Å². The molecule has 0 saturated heterocycles. The molecule has 0 saturated carbocycles. The van der Waals surface area contributed by atoms with Gasteiger partial charge in [0.1, 0.15) is 0 Å². The van der Waals surface area contributed by atoms with E-state index in [1.165, 1.54) is 51.4 Å². The second kappa shape index (κ2) is 48.5. The molecule has 0 aliphatic carbocycles. The van der Waals surface area contributed by atoms with E-state index in [4.69, 9.17) is 22.9 Å². The predicted molar refractivity (Wildman–Crippen MR) is 271 cm³/mol. The summed E-state index contributed by atoms with van der Waals surface area (Å²) in [5.41, 5.74) is 23.5. The Morgan fingerprint density at radius 1 is 0.407 bits per heavy atom. The van der Waals surface area contributed by atoms with E-state index in [0.29, 0.717) is 25.8 Å². The van der Waals surface area contributed by atoms with Gasteiger partial charge in [-0.05, 0) is 130 Å². The maximum atomic E-state index is 14.2. The number of unbranched alkanes of at least 4 members (excludes halogenated alkanes) is 16. The van der Waals surface area contributed by atoms with Gasteiger partial charge in [-0.15, -0.1) is 62.0 Å². The minimum Gasteiger partial charge on any atom is -0.330 e. The SMILES string of the molecule is CCCCCCCCCCS(=O)(=O)C(CCN)C(N)(CCCNCCCNCCCCNCCCCN)C(CCN)S(=O)(=O)CCCCCCCCCC.Cl.Cl.Cl.Cl.Cl. The lowest BCUT2D eigenvalue weighted by Gasteiger charge is -2.43. The zero-order valence-corrected chi connectivity index (χ0v) is 43.1. The summed E-state index contributed by atoms with van der Waals surface area (Å²) in [6, 6.07) is 0. The molecule has 0 fully saturated rings. The van der Waals surface area contributed by atoms with Gasteiger partial charge in [0.25, 0.3) is 0 Å². The van der Waals surface area contributed by atoms with E-state index in [9.17, 15) is 16.8 Å². The average Bonchev–Trinajstić information content (AvgIpc) is 3.14. The second-order valence-corrected chi connectivity index (χ2v) is 20.4. The highest BCUT2D eigenvalue weighted by Crippen LogP contribution is 2.34. The maximum Gasteiger partial charge on any atom is 0.155 e. The molecule has 0 aromatic heterocycles. The minimum atomic E-state index is -3.73. The van der Waals surface area contributed by atoms with Crippen molar-refractivity contribution in [1.29, 1.82) is 0 Å². The molecule has 18 heteroatoms. The molecule has 2 atom stereocenters. The van der Waals surface area contributed by atoms with Crippen LogP contribution in [-0.2, 0) is 19.7 Å². The fourth-order valence-electron chi connectivity index (χ4n) is 7.68. The smallest absolute Gasteiger partial charge is 0.155 e. The normalized spacial score (nSPS) is 13.5. The number of halogens is 5. The number of rotatable bonds is 43. The molecule has 0 bridgehead atoms. The van der Waals surface area contributed by atoms with Crippen molar-refractivity contribution < 1.29 is 16.8 Å². The summed E-state index contributed by atoms with van der Waals surface area (Å²) < 4.78 is 56.7. The van der Waals surface area contributed by atoms with Crippen molar-refractivity contribution in [3.8, 4) is 0 Å². The number of sulfone groups is 2. The molecular weight excluding hydrogens is 896 g/mol. The Balaban J connectivity index is -0.00000140. The standard InChI is InChI=1S/C41H91N7O4S2.5ClH/c1-3-5-7-9-11-13-15-21-37-53(49,50)39(25-29-43)41(45,40(26-30-44)54(51,52)38-22-16-14-12-10-8-6-4-2)27-23-34-48-36-24-35-47-33-20-19-32-46-31-18-17-28-42;;;;;/h39-40,46-48H,3-38,42-45H2,1-2H3;5*1H. The molecule has 0 aromatic rings. The van der Waals surface area contributed by atoms with Crippen molar-refractivity contribution in [2.24, 2.45) is 22.9 Å². The Kier molecular flexibility index (Phi) is 59.0. The lowest BCUT2D eigenvalue weighted by molar-refractivity contribution is 0.317. The molecule has 0 aliphatic rings. The third-order valence-electron chi connectivity index (χ3n) is 10.9. The first-order valence-electron chi connectivity index (χ1n) is 22.5. The largest absolute Gasteiger partial charge is 0.330 e. The highest BCUT2D eigenvalue weighted by Gasteiger charge is 2.51. The van der Waals surface area contributed by atoms with Crippen LogP contribution < -0.4 is 38.9 Å². The van der Waals surface area contributed by atoms with Gasteiger partial charge in [0.05, 0.1) is 22.0 Å². The molecule has 0 amide bonds. The van der Waals surface area contributed by atoms with Crippen molar-refractivity contribution in [2.75, 3.05) is 70.4 Å². The molecule has 0 rings (SSSR count). The fourth-order valence-corrected chi connectivity index (χ4v) is 12.4. The van der Waals surface area contributed by atoms with Crippen LogP contribution in [0.25, 0.3) is 0 Å². The van der Waals surface area contributed by atoms with Gasteiger partial charge < -0.3 is 38.9 Å². The van der Waals surface area contributed by atoms with Crippen LogP contribution in [-0.4, -0.2) is 103 Å². The van der Waals surface area contributed by atoms with Gasteiger partial charge in [-0.1, -0.05) is 104 Å². The molecule has 366 valence electrons. The second-order valence-electron chi connectivity index (χ2n) is 15.8. The van der Waals surface area contributed by atoms with Crippen molar-refractivity contribution >= 4 is 81.7 Å². The van der Waals surface area contributed by atoms with Gasteiger partial charge >= 0.3 is 0 Å². The van der Waals surface area contributed by atoms with Crippen LogP contribution >= 0.6 is 62.0 Å². The average molecular weight is 993 g/mol. The van der Waals surface area contributed by atoms with Gasteiger partial charge in [-0.3, -0.25) is 0 Å². The van der Waals surface area contributed by atoms with Gasteiger partial charge in [0.15, 0.2) is 19.7 Å². The summed E-state index contributed by atoms with van der Waals surface area (Å²) in [4.78, 5) is 0. The van der Waals surface area contributed by atoms with E-state index in [1.807, 2.05) is 0 Å². The van der Waals surface area contributed by atoms with Crippen LogP contribution in [0.3, 0.4) is 0 Å². The Morgan fingerprint density at radius 3 is 1.05 bits per heavy atom. The Labute approximate surface area is 395 Å². The highest BCUT2D eigenvalue weighted by atomic mass is 35.5. The third kappa shape index (κ3) is 37.0. The minimum absolute atomic E-state index is 0. The first-order chi connectivity index (χ1) is 26.1. The summed E-state index contributed by atoms with van der Waals surface area (Å²) in [5, 5.41) is 8.40. The van der Waals surface area contributed by atoms with Crippen LogP contribution in [0.15, 0.2) is 0 Å². The zero-order chi connectivity index (χ0) is 40.2. The van der Waals surface area contributed by atoms with Crippen LogP contribution in [0.4, 0.5) is 0 Å². The van der Waals surface area contributed by atoms with Crippen molar-refractivity contribution in [2.45, 2.75) is 190 Å². The lowest BCUT2D eigenvalue weighted by atomic mass is 9.83. The van der Waals surface area contributed by atoms with Gasteiger partial charge in [0.2, 0.25) is 0 Å². The predicted octanol–water partition coefficient (Wildman–Crippen LogP) is 7.80. The number of nitrogens with one attached hydrogen (secondary N) is 3. The lowest BCUT2D eigenvalue weighted by Crippen LogP contribution is -2.65. The molecule has 0 radical (unpaired) electrons. The Hall–Kier alpha value is 1.07. The Morgan fingerprint density at radius 2 is 0.712 bits per heavy atom. The molecule has 0 heterocycles. The van der Waals surface area contributed by atoms with E-state index in [1.54, 1.807) is 0 Å². The summed E-state index contributed by atoms with van der Waals surface area (Å²) in [6.07, 6.45) is 23.3. The van der Waals surface area contributed by atoms with E-state index < -0.39 is 35.7 Å². The van der Waals surface area contributed by atoms with E-state index in [0.717, 1.165) is 110 Å². The molecule has 59 heavy (non-hydrogen) atoms. The maximum absolute atomic E-state index is 14.2. The van der Waals surface area contributed by atoms with Gasteiger partial charge in [0, 0.05) is 5.54 Å². The van der Waals surface area contributed by atoms with Crippen LogP contribution in [0.5, 0.6) is 0 Å². The van der Waals surface area contributed by atoms with Crippen LogP contribution in [0.2, 0.25) is 0 Å². The van der Waals surface area contributed by atoms with Crippen molar-refractivity contribution in [1.82, 2.24) is 16.0 Å². The first-order valence-corrected chi connectivity index (χ1v) is 25.9. The summed E-state index contributed by atoms with van der Waals surface area (Å²) >= 11 is 0. The molecule has 0 spiro atoms. The van der Waals surface area contributed by atoms with E-state index >= 15 is 0 Å². The third-order valence-corrected chi connectivity index (χ3v) is 15.7. The highest BCUT2D eigenvalue weighted by molar-refractivity contribution is 7.93. The molecule has 0 aliphatic heterocycles. The molecular formula is C41H96Cl5N7O4S2. The first kappa shape index (κ1) is 71.7. The van der Waals surface area contributed by atoms with Gasteiger partial charge in [-0.2, -0.15) is 0 Å². The number of nitrogens with two attached hydrogens (primary N) is 4. The zero-order valence-electron chi connectivity index (χ0n) is 37.4. The van der Waals surface area contributed by atoms with Gasteiger partial charge in [-0.25, -0.2) is 16.8 Å². The Bertz CT molecular complexity index is 999. The quantitative estimate of drug-likeness (QED) is 0.0294. The molecule has 11 N–H and O–H groups in total. The van der Waals surface area contributed by atoms with Crippen molar-refractivity contribution in [3.63, 3.8) is 0 Å². The summed E-state index contributed by atoms with van der Waals surface area (Å²) in [5.74, 6) is 0.0190. The van der Waals surface area contributed by atoms with Crippen LogP contribution in [0.1, 0.15) is 174 Å². The summed E-state index contributed by atoms with van der Waals surface area (Å²) in [6.45, 7) is 10.9. The number of hydrogen-bond acceptors (Lipinski definition) is 11. The molecule has 0 aromatic carbocycles. The molecule has 11 nitrogen and oxygen atoms in total. The van der Waals surface area contributed by atoms with Crippen molar-refractivity contribution in [3.05, 3.63) is 0 Å². The molecule has 2 unspecified atom stereocenters. The van der Waals surface area contributed by atoms with Crippen LogP contribution in [0, 0.1) is 0 Å². The topological polar surface area (TPSA) is 208 Å².